The van der Waals surface area contributed by atoms with Crippen molar-refractivity contribution < 1.29 is 18.3 Å². The summed E-state index contributed by atoms with van der Waals surface area (Å²) >= 11 is 0. The summed E-state index contributed by atoms with van der Waals surface area (Å²) in [5.41, 5.74) is 3.55. The third kappa shape index (κ3) is 4.69. The molecule has 0 amide bonds. The number of aryl methyl sites for hydroxylation is 1. The van der Waals surface area contributed by atoms with Crippen LogP contribution in [0.1, 0.15) is 40.4 Å². The summed E-state index contributed by atoms with van der Waals surface area (Å²) in [6, 6.07) is 6.92. The predicted molar refractivity (Wildman–Crippen MR) is 152 cm³/mol. The van der Waals surface area contributed by atoms with Crippen molar-refractivity contribution in [2.75, 3.05) is 51.4 Å². The normalized spacial score (nSPS) is 25.6. The third-order valence-corrected chi connectivity index (χ3v) is 8.24. The number of benzene rings is 1. The Morgan fingerprint density at radius 3 is 2.51 bits per heavy atom. The average molecular weight is 548 g/mol. The molecule has 3 aromatic rings. The maximum atomic E-state index is 7.59. The van der Waals surface area contributed by atoms with Crippen LogP contribution >= 0.6 is 27.0 Å². The second-order valence-electron chi connectivity index (χ2n) is 10.3. The van der Waals surface area contributed by atoms with E-state index in [-0.39, 0.29) is 45.1 Å². The molecule has 11 heteroatoms. The van der Waals surface area contributed by atoms with Gasteiger partial charge >= 0.3 is 6.01 Å². The first-order valence-corrected chi connectivity index (χ1v) is 12.6. The van der Waals surface area contributed by atoms with E-state index < -0.39 is 7.04 Å². The van der Waals surface area contributed by atoms with Gasteiger partial charge in [-0.3, -0.25) is 4.90 Å². The van der Waals surface area contributed by atoms with Gasteiger partial charge in [0.2, 0.25) is 0 Å². The van der Waals surface area contributed by atoms with Crippen LogP contribution in [0.4, 0.5) is 5.82 Å². The standard InChI is InChI=1S/C26H32N6O3.2H2S/c1-16-7-18-11-27-32(23(18)9-22(16)17-3-5-30(6-4-17)20-13-34-14-20)25-10-24(28-26(29-25)33-2)31-12-21-8-19(31)15-35-21;;/h7,9-11,17,19-21H,3-6,8,12-15H2,1-2H3;2*1H2/i2D3;;. The molecule has 0 saturated carbocycles. The van der Waals surface area contributed by atoms with Gasteiger partial charge in [-0.2, -0.15) is 42.1 Å². The molecule has 1 aromatic carbocycles. The van der Waals surface area contributed by atoms with Gasteiger partial charge in [-0.25, -0.2) is 4.68 Å². The van der Waals surface area contributed by atoms with Gasteiger partial charge in [0.05, 0.1) is 60.9 Å². The van der Waals surface area contributed by atoms with E-state index in [9.17, 15) is 0 Å². The lowest BCUT2D eigenvalue weighted by Crippen LogP contribution is -2.51. The van der Waals surface area contributed by atoms with Crippen molar-refractivity contribution in [3.63, 3.8) is 0 Å². The van der Waals surface area contributed by atoms with Gasteiger partial charge in [0.15, 0.2) is 5.82 Å². The highest BCUT2D eigenvalue weighted by Crippen LogP contribution is 2.36. The largest absolute Gasteiger partial charge is 0.467 e. The second-order valence-corrected chi connectivity index (χ2v) is 10.3. The Labute approximate surface area is 235 Å². The molecular weight excluding hydrogens is 508 g/mol. The fourth-order valence-corrected chi connectivity index (χ4v) is 6.22. The number of ether oxygens (including phenoxy) is 3. The molecule has 9 nitrogen and oxygen atoms in total. The number of piperidine rings is 1. The molecule has 200 valence electrons. The van der Waals surface area contributed by atoms with Gasteiger partial charge in [0.1, 0.15) is 5.82 Å². The molecule has 0 aliphatic carbocycles. The number of rotatable bonds is 5. The van der Waals surface area contributed by atoms with Crippen molar-refractivity contribution in [2.45, 2.75) is 50.3 Å². The Bertz CT molecular complexity index is 1360. The van der Waals surface area contributed by atoms with E-state index in [1.807, 2.05) is 12.3 Å². The molecule has 2 unspecified atom stereocenters. The first-order valence-electron chi connectivity index (χ1n) is 14.1. The van der Waals surface area contributed by atoms with Crippen LogP contribution in [0.5, 0.6) is 6.01 Å². The molecule has 37 heavy (non-hydrogen) atoms. The first-order chi connectivity index (χ1) is 18.3. The number of fused-ring (bicyclic) bond motifs is 3. The molecule has 2 aromatic heterocycles. The zero-order valence-corrected chi connectivity index (χ0v) is 22.9. The van der Waals surface area contributed by atoms with Crippen LogP contribution in [0.25, 0.3) is 16.7 Å². The van der Waals surface area contributed by atoms with Gasteiger partial charge in [-0.15, -0.1) is 0 Å². The van der Waals surface area contributed by atoms with Crippen LogP contribution in [-0.4, -0.2) is 89.3 Å². The van der Waals surface area contributed by atoms with E-state index in [1.54, 1.807) is 4.68 Å². The fraction of sp³-hybridized carbons (Fsp3) is 0.577. The SMILES string of the molecule is S.S.[2H]C([2H])([2H])Oc1nc(N2CC3CC2CO3)cc(-n2ncc3cc(C)c(C4CCN(C5COC5)CC4)cc32)n1. The van der Waals surface area contributed by atoms with E-state index in [2.05, 4.69) is 43.9 Å². The summed E-state index contributed by atoms with van der Waals surface area (Å²) in [4.78, 5) is 13.7. The lowest BCUT2D eigenvalue weighted by Gasteiger charge is -2.41. The van der Waals surface area contributed by atoms with E-state index >= 15 is 0 Å². The minimum atomic E-state index is -2.65. The van der Waals surface area contributed by atoms with Gasteiger partial charge in [-0.05, 0) is 68.5 Å². The zero-order chi connectivity index (χ0) is 26.0. The van der Waals surface area contributed by atoms with Crippen molar-refractivity contribution in [3.05, 3.63) is 35.5 Å². The van der Waals surface area contributed by atoms with Crippen molar-refractivity contribution in [1.29, 1.82) is 0 Å². The Hall–Kier alpha value is -2.05. The van der Waals surface area contributed by atoms with Crippen LogP contribution in [0, 0.1) is 6.92 Å². The monoisotopic (exact) mass is 547 g/mol. The zero-order valence-electron chi connectivity index (χ0n) is 23.9. The molecule has 0 N–H and O–H groups in total. The van der Waals surface area contributed by atoms with E-state index in [4.69, 9.17) is 18.3 Å². The summed E-state index contributed by atoms with van der Waals surface area (Å²) in [5, 5.41) is 5.68. The van der Waals surface area contributed by atoms with Gasteiger partial charge in [0.25, 0.3) is 0 Å². The first kappa shape index (κ1) is 22.9. The van der Waals surface area contributed by atoms with Crippen molar-refractivity contribution in [3.8, 4) is 11.8 Å². The van der Waals surface area contributed by atoms with Gasteiger partial charge < -0.3 is 19.1 Å². The molecular formula is C26H36N6O3S2. The highest BCUT2D eigenvalue weighted by molar-refractivity contribution is 7.59. The van der Waals surface area contributed by atoms with Crippen molar-refractivity contribution in [2.24, 2.45) is 0 Å². The van der Waals surface area contributed by atoms with E-state index in [0.717, 1.165) is 56.5 Å². The van der Waals surface area contributed by atoms with E-state index in [1.165, 1.54) is 11.1 Å². The Morgan fingerprint density at radius 1 is 1.03 bits per heavy atom. The van der Waals surface area contributed by atoms with Crippen LogP contribution in [0.2, 0.25) is 0 Å². The average Bonchev–Trinajstić information content (AvgIpc) is 3.57. The molecule has 2 atom stereocenters. The fourth-order valence-electron chi connectivity index (χ4n) is 6.22. The summed E-state index contributed by atoms with van der Waals surface area (Å²) in [5.74, 6) is 1.60. The quantitative estimate of drug-likeness (QED) is 0.483. The molecule has 7 rings (SSSR count). The number of likely N-dealkylation sites (tertiary alicyclic amines) is 1. The number of morpholine rings is 1. The smallest absolute Gasteiger partial charge is 0.320 e. The summed E-state index contributed by atoms with van der Waals surface area (Å²) < 4.78 is 40.9. The summed E-state index contributed by atoms with van der Waals surface area (Å²) in [6.45, 7) is 7.41. The van der Waals surface area contributed by atoms with Crippen LogP contribution in [0.3, 0.4) is 0 Å². The van der Waals surface area contributed by atoms with E-state index in [0.29, 0.717) is 36.7 Å². The molecule has 4 fully saturated rings. The predicted octanol–water partition coefficient (Wildman–Crippen LogP) is 2.91. The minimum absolute atomic E-state index is 0. The maximum absolute atomic E-state index is 7.59. The molecule has 4 aliphatic heterocycles. The minimum Gasteiger partial charge on any atom is -0.467 e. The Morgan fingerprint density at radius 2 is 1.84 bits per heavy atom. The highest BCUT2D eigenvalue weighted by atomic mass is 32.1. The molecule has 2 bridgehead atoms. The Balaban J connectivity index is 0.00000161. The number of hydrogen-bond acceptors (Lipinski definition) is 8. The van der Waals surface area contributed by atoms with Crippen molar-refractivity contribution in [1.82, 2.24) is 24.6 Å². The molecule has 4 aliphatic rings. The number of methoxy groups -OCH3 is 1. The lowest BCUT2D eigenvalue weighted by molar-refractivity contribution is -0.0712. The highest BCUT2D eigenvalue weighted by Gasteiger charge is 2.40. The van der Waals surface area contributed by atoms with Gasteiger partial charge in [-0.1, -0.05) is 0 Å². The van der Waals surface area contributed by atoms with Crippen molar-refractivity contribution >= 4 is 43.7 Å². The second kappa shape index (κ2) is 10.6. The molecule has 0 radical (unpaired) electrons. The van der Waals surface area contributed by atoms with Crippen LogP contribution in [0.15, 0.2) is 24.4 Å². The summed E-state index contributed by atoms with van der Waals surface area (Å²) in [6.07, 6.45) is 5.18. The molecule has 6 heterocycles. The molecule has 0 spiro atoms. The Kier molecular flexibility index (Phi) is 6.56. The lowest BCUT2D eigenvalue weighted by atomic mass is 9.85. The maximum Gasteiger partial charge on any atom is 0.320 e. The molecule has 4 saturated heterocycles. The van der Waals surface area contributed by atoms with Crippen LogP contribution in [-0.2, 0) is 9.47 Å². The third-order valence-electron chi connectivity index (χ3n) is 8.24. The number of anilines is 1. The number of hydrogen-bond donors (Lipinski definition) is 0. The summed E-state index contributed by atoms with van der Waals surface area (Å²) in [7, 11) is -2.65. The van der Waals surface area contributed by atoms with Crippen LogP contribution < -0.4 is 9.64 Å². The van der Waals surface area contributed by atoms with Gasteiger partial charge in [0, 0.05) is 18.0 Å². The number of nitrogens with zero attached hydrogens (tertiary/aromatic N) is 6. The number of aromatic nitrogens is 4. The topological polar surface area (TPSA) is 77.8 Å².